The van der Waals surface area contributed by atoms with Gasteiger partial charge in [-0.15, -0.1) is 0 Å². The van der Waals surface area contributed by atoms with Gasteiger partial charge in [0.05, 0.1) is 7.11 Å². The Morgan fingerprint density at radius 2 is 2.00 bits per heavy atom. The summed E-state index contributed by atoms with van der Waals surface area (Å²) in [4.78, 5) is 0. The Balaban J connectivity index is 0.000000396. The molecule has 0 atom stereocenters. The van der Waals surface area contributed by atoms with Gasteiger partial charge < -0.3 is 4.74 Å². The predicted octanol–water partition coefficient (Wildman–Crippen LogP) is 3.29. The molecule has 2 rings (SSSR count). The van der Waals surface area contributed by atoms with Crippen molar-refractivity contribution in [1.29, 1.82) is 0 Å². The first kappa shape index (κ1) is 9.85. The van der Waals surface area contributed by atoms with Crippen LogP contribution in [0.25, 0.3) is 6.08 Å². The number of fused-ring (bicyclic) bond motifs is 1. The molecule has 0 spiro atoms. The Hall–Kier alpha value is -1.24. The van der Waals surface area contributed by atoms with E-state index >= 15 is 0 Å². The molecule has 0 saturated heterocycles. The first-order valence-corrected chi connectivity index (χ1v) is 4.73. The summed E-state index contributed by atoms with van der Waals surface area (Å²) in [7, 11) is 1.69. The number of rotatable bonds is 1. The summed E-state index contributed by atoms with van der Waals surface area (Å²) in [6.07, 6.45) is 5.38. The minimum atomic E-state index is 0.940. The number of benzene rings is 1. The molecule has 0 aromatic heterocycles. The fraction of sp³-hybridized carbons (Fsp3) is 0.333. The van der Waals surface area contributed by atoms with Crippen LogP contribution >= 0.6 is 0 Å². The summed E-state index contributed by atoms with van der Waals surface area (Å²) < 4.78 is 5.11. The van der Waals surface area contributed by atoms with Gasteiger partial charge in [0.15, 0.2) is 0 Å². The zero-order valence-corrected chi connectivity index (χ0v) is 8.50. The number of hydrogen-bond donors (Lipinski definition) is 0. The second kappa shape index (κ2) is 4.70. The Kier molecular flexibility index (Phi) is 3.56. The molecule has 1 aromatic carbocycles. The topological polar surface area (TPSA) is 9.23 Å². The zero-order valence-electron chi connectivity index (χ0n) is 8.50. The standard InChI is InChI=1S/C10H10O.C2H6/c1-11-10-6-5-8-3-2-4-9(8)7-10;1-2/h2,4-7H,3H2,1H3;1-2H3. The largest absolute Gasteiger partial charge is 0.497 e. The molecule has 1 aromatic rings. The van der Waals surface area contributed by atoms with Crippen LogP contribution in [0.5, 0.6) is 5.75 Å². The van der Waals surface area contributed by atoms with E-state index in [1.54, 1.807) is 7.11 Å². The molecule has 13 heavy (non-hydrogen) atoms. The summed E-state index contributed by atoms with van der Waals surface area (Å²) in [6.45, 7) is 4.00. The van der Waals surface area contributed by atoms with Crippen molar-refractivity contribution in [3.05, 3.63) is 35.4 Å². The molecule has 0 radical (unpaired) electrons. The molecule has 70 valence electrons. The third-order valence-electron chi connectivity index (χ3n) is 1.99. The van der Waals surface area contributed by atoms with Crippen LogP contribution in [-0.4, -0.2) is 7.11 Å². The fourth-order valence-electron chi connectivity index (χ4n) is 1.35. The van der Waals surface area contributed by atoms with E-state index in [-0.39, 0.29) is 0 Å². The van der Waals surface area contributed by atoms with E-state index < -0.39 is 0 Å². The van der Waals surface area contributed by atoms with E-state index in [0.717, 1.165) is 12.2 Å². The van der Waals surface area contributed by atoms with Crippen LogP contribution in [0.2, 0.25) is 0 Å². The maximum Gasteiger partial charge on any atom is 0.119 e. The van der Waals surface area contributed by atoms with E-state index in [4.69, 9.17) is 4.74 Å². The van der Waals surface area contributed by atoms with Crippen LogP contribution in [0.1, 0.15) is 25.0 Å². The molecule has 0 amide bonds. The lowest BCUT2D eigenvalue weighted by atomic mass is 10.1. The van der Waals surface area contributed by atoms with Gasteiger partial charge in [-0.2, -0.15) is 0 Å². The Labute approximate surface area is 80.0 Å². The molecule has 1 nitrogen and oxygen atoms in total. The summed E-state index contributed by atoms with van der Waals surface area (Å²) in [6, 6.07) is 6.19. The van der Waals surface area contributed by atoms with Crippen LogP contribution in [-0.2, 0) is 6.42 Å². The van der Waals surface area contributed by atoms with E-state index in [2.05, 4.69) is 24.3 Å². The van der Waals surface area contributed by atoms with Gasteiger partial charge in [0, 0.05) is 0 Å². The summed E-state index contributed by atoms with van der Waals surface area (Å²) >= 11 is 0. The predicted molar refractivity (Wildman–Crippen MR) is 57.1 cm³/mol. The average molecular weight is 176 g/mol. The lowest BCUT2D eigenvalue weighted by molar-refractivity contribution is 0.414. The third kappa shape index (κ3) is 2.11. The molecular weight excluding hydrogens is 160 g/mol. The minimum Gasteiger partial charge on any atom is -0.497 e. The lowest BCUT2D eigenvalue weighted by Crippen LogP contribution is -1.85. The second-order valence-electron chi connectivity index (χ2n) is 2.67. The highest BCUT2D eigenvalue weighted by molar-refractivity contribution is 5.61. The Morgan fingerprint density at radius 3 is 2.69 bits per heavy atom. The molecule has 1 heteroatoms. The van der Waals surface area contributed by atoms with Crippen LogP contribution in [0.4, 0.5) is 0 Å². The van der Waals surface area contributed by atoms with Crippen molar-refractivity contribution in [3.8, 4) is 5.75 Å². The van der Waals surface area contributed by atoms with Crippen molar-refractivity contribution >= 4 is 6.08 Å². The highest BCUT2D eigenvalue weighted by Gasteiger charge is 2.04. The van der Waals surface area contributed by atoms with Crippen molar-refractivity contribution in [2.24, 2.45) is 0 Å². The normalized spacial score (nSPS) is 11.6. The van der Waals surface area contributed by atoms with Gasteiger partial charge in [-0.1, -0.05) is 32.1 Å². The van der Waals surface area contributed by atoms with Crippen LogP contribution < -0.4 is 4.74 Å². The van der Waals surface area contributed by atoms with Gasteiger partial charge in [-0.3, -0.25) is 0 Å². The minimum absolute atomic E-state index is 0.940. The number of allylic oxidation sites excluding steroid dienone is 1. The van der Waals surface area contributed by atoms with Crippen molar-refractivity contribution < 1.29 is 4.74 Å². The monoisotopic (exact) mass is 176 g/mol. The number of hydrogen-bond acceptors (Lipinski definition) is 1. The zero-order chi connectivity index (χ0) is 9.68. The quantitative estimate of drug-likeness (QED) is 0.638. The van der Waals surface area contributed by atoms with Crippen LogP contribution in [0.3, 0.4) is 0 Å². The van der Waals surface area contributed by atoms with E-state index in [9.17, 15) is 0 Å². The van der Waals surface area contributed by atoms with E-state index in [0.29, 0.717) is 0 Å². The highest BCUT2D eigenvalue weighted by atomic mass is 16.5. The maximum atomic E-state index is 5.11. The first-order valence-electron chi connectivity index (χ1n) is 4.73. The highest BCUT2D eigenvalue weighted by Crippen LogP contribution is 2.23. The average Bonchev–Trinajstić information content (AvgIpc) is 2.67. The molecular formula is C12H16O. The SMILES string of the molecule is CC.COc1ccc2c(c1)C=CC2. The number of methoxy groups -OCH3 is 1. The molecule has 0 unspecified atom stereocenters. The first-order chi connectivity index (χ1) is 6.40. The Morgan fingerprint density at radius 1 is 1.23 bits per heavy atom. The van der Waals surface area contributed by atoms with Gasteiger partial charge in [0.25, 0.3) is 0 Å². The van der Waals surface area contributed by atoms with Gasteiger partial charge in [0.2, 0.25) is 0 Å². The molecule has 0 fully saturated rings. The smallest absolute Gasteiger partial charge is 0.119 e. The molecule has 1 aliphatic carbocycles. The molecule has 0 N–H and O–H groups in total. The van der Waals surface area contributed by atoms with Crippen LogP contribution in [0, 0.1) is 0 Å². The van der Waals surface area contributed by atoms with Crippen molar-refractivity contribution in [2.45, 2.75) is 20.3 Å². The summed E-state index contributed by atoms with van der Waals surface area (Å²) in [5.41, 5.74) is 2.69. The molecule has 1 aliphatic rings. The fourth-order valence-corrected chi connectivity index (χ4v) is 1.35. The van der Waals surface area contributed by atoms with Crippen molar-refractivity contribution in [2.75, 3.05) is 7.11 Å². The summed E-state index contributed by atoms with van der Waals surface area (Å²) in [5, 5.41) is 0. The lowest BCUT2D eigenvalue weighted by Gasteiger charge is -2.01. The molecule has 0 saturated carbocycles. The summed E-state index contributed by atoms with van der Waals surface area (Å²) in [5.74, 6) is 0.940. The van der Waals surface area contributed by atoms with Crippen LogP contribution in [0.15, 0.2) is 24.3 Å². The van der Waals surface area contributed by atoms with Crippen molar-refractivity contribution in [3.63, 3.8) is 0 Å². The molecule has 0 heterocycles. The van der Waals surface area contributed by atoms with Gasteiger partial charge >= 0.3 is 0 Å². The van der Waals surface area contributed by atoms with Crippen molar-refractivity contribution in [1.82, 2.24) is 0 Å². The van der Waals surface area contributed by atoms with E-state index in [1.807, 2.05) is 19.9 Å². The van der Waals surface area contributed by atoms with Gasteiger partial charge in [-0.25, -0.2) is 0 Å². The van der Waals surface area contributed by atoms with Gasteiger partial charge in [0.1, 0.15) is 5.75 Å². The maximum absolute atomic E-state index is 5.11. The second-order valence-corrected chi connectivity index (χ2v) is 2.67. The van der Waals surface area contributed by atoms with E-state index in [1.165, 1.54) is 11.1 Å². The number of ether oxygens (including phenoxy) is 1. The third-order valence-corrected chi connectivity index (χ3v) is 1.99. The molecule has 0 bridgehead atoms. The molecule has 0 aliphatic heterocycles. The Bertz CT molecular complexity index is 300. The van der Waals surface area contributed by atoms with Gasteiger partial charge in [-0.05, 0) is 29.7 Å².